The van der Waals surface area contributed by atoms with E-state index in [-0.39, 0.29) is 12.3 Å². The number of hydrogen-bond acceptors (Lipinski definition) is 2. The Bertz CT molecular complexity index is 550. The molecule has 2 atom stereocenters. The van der Waals surface area contributed by atoms with Crippen LogP contribution in [-0.2, 0) is 9.59 Å². The molecular formula is C15H18FNO3. The van der Waals surface area contributed by atoms with Crippen molar-refractivity contribution in [1.29, 1.82) is 0 Å². The predicted octanol–water partition coefficient (Wildman–Crippen LogP) is 2.60. The molecule has 0 saturated carbocycles. The number of carbonyl (C=O) groups is 2. The predicted molar refractivity (Wildman–Crippen MR) is 71.5 cm³/mol. The average Bonchev–Trinajstić information content (AvgIpc) is 2.66. The van der Waals surface area contributed by atoms with Gasteiger partial charge in [-0.25, -0.2) is 4.39 Å². The molecule has 1 fully saturated rings. The lowest BCUT2D eigenvalue weighted by molar-refractivity contribution is -0.142. The molecule has 0 bridgehead atoms. The third-order valence-corrected chi connectivity index (χ3v) is 3.55. The number of hydrogen-bond donors (Lipinski definition) is 1. The Morgan fingerprint density at radius 2 is 2.05 bits per heavy atom. The number of likely N-dealkylation sites (tertiary alicyclic amines) is 1. The molecule has 1 saturated heterocycles. The molecule has 0 aromatic heterocycles. The van der Waals surface area contributed by atoms with Crippen LogP contribution < -0.4 is 0 Å². The molecule has 20 heavy (non-hydrogen) atoms. The van der Waals surface area contributed by atoms with Crippen LogP contribution in [0.25, 0.3) is 0 Å². The molecule has 2 unspecified atom stereocenters. The van der Waals surface area contributed by atoms with E-state index in [4.69, 9.17) is 0 Å². The lowest BCUT2D eigenvalue weighted by Gasteiger charge is -2.38. The number of carbonyl (C=O) groups excluding carboxylic acids is 1. The number of carboxylic acid groups (broad SMARTS) is 1. The molecular weight excluding hydrogens is 261 g/mol. The van der Waals surface area contributed by atoms with E-state index in [0.717, 1.165) is 0 Å². The van der Waals surface area contributed by atoms with Gasteiger partial charge in [0.2, 0.25) is 5.91 Å². The molecule has 4 nitrogen and oxygen atoms in total. The summed E-state index contributed by atoms with van der Waals surface area (Å²) in [6.45, 7) is 5.55. The third-order valence-electron chi connectivity index (χ3n) is 3.55. The van der Waals surface area contributed by atoms with E-state index in [1.165, 1.54) is 18.2 Å². The van der Waals surface area contributed by atoms with Crippen LogP contribution in [0.4, 0.5) is 4.39 Å². The van der Waals surface area contributed by atoms with Gasteiger partial charge in [0, 0.05) is 12.0 Å². The van der Waals surface area contributed by atoms with E-state index in [9.17, 15) is 19.1 Å². The summed E-state index contributed by atoms with van der Waals surface area (Å²) in [5.74, 6) is -2.51. The fraction of sp³-hybridized carbons (Fsp3) is 0.467. The van der Waals surface area contributed by atoms with Crippen molar-refractivity contribution >= 4 is 11.9 Å². The Morgan fingerprint density at radius 3 is 2.55 bits per heavy atom. The van der Waals surface area contributed by atoms with Crippen molar-refractivity contribution in [2.45, 2.75) is 38.8 Å². The van der Waals surface area contributed by atoms with Gasteiger partial charge in [0.05, 0.1) is 12.0 Å². The van der Waals surface area contributed by atoms with Gasteiger partial charge in [-0.2, -0.15) is 0 Å². The lowest BCUT2D eigenvalue weighted by atomic mass is 9.91. The highest BCUT2D eigenvalue weighted by Gasteiger charge is 2.48. The summed E-state index contributed by atoms with van der Waals surface area (Å²) in [6, 6.07) is 5.18. The fourth-order valence-electron chi connectivity index (χ4n) is 2.82. The Kier molecular flexibility index (Phi) is 3.54. The van der Waals surface area contributed by atoms with Crippen molar-refractivity contribution < 1.29 is 19.1 Å². The van der Waals surface area contributed by atoms with E-state index in [0.29, 0.717) is 5.56 Å². The monoisotopic (exact) mass is 279 g/mol. The highest BCUT2D eigenvalue weighted by molar-refractivity contribution is 5.87. The van der Waals surface area contributed by atoms with E-state index >= 15 is 0 Å². The first-order valence-corrected chi connectivity index (χ1v) is 6.52. The Hall–Kier alpha value is -1.91. The number of aliphatic carboxylic acids is 1. The highest BCUT2D eigenvalue weighted by Crippen LogP contribution is 2.42. The minimum Gasteiger partial charge on any atom is -0.481 e. The van der Waals surface area contributed by atoms with Gasteiger partial charge >= 0.3 is 5.97 Å². The van der Waals surface area contributed by atoms with Crippen molar-refractivity contribution in [2.24, 2.45) is 5.92 Å². The highest BCUT2D eigenvalue weighted by atomic mass is 19.1. The molecule has 0 aliphatic carbocycles. The molecule has 0 radical (unpaired) electrons. The van der Waals surface area contributed by atoms with Gasteiger partial charge in [0.25, 0.3) is 0 Å². The summed E-state index contributed by atoms with van der Waals surface area (Å²) in [5, 5.41) is 9.34. The lowest BCUT2D eigenvalue weighted by Crippen LogP contribution is -2.44. The second-order valence-corrected chi connectivity index (χ2v) is 6.08. The SMILES string of the molecule is CC(C)(C)N1C(=O)CC(C(=O)O)C1c1cccc(F)c1. The first-order chi connectivity index (χ1) is 9.21. The van der Waals surface area contributed by atoms with Crippen LogP contribution in [0, 0.1) is 11.7 Å². The molecule has 1 aromatic carbocycles. The van der Waals surface area contributed by atoms with Crippen molar-refractivity contribution in [3.63, 3.8) is 0 Å². The van der Waals surface area contributed by atoms with Gasteiger partial charge in [-0.05, 0) is 38.5 Å². The average molecular weight is 279 g/mol. The summed E-state index contributed by atoms with van der Waals surface area (Å²) in [7, 11) is 0. The normalized spacial score (nSPS) is 23.2. The van der Waals surface area contributed by atoms with E-state index in [1.54, 1.807) is 11.0 Å². The molecule has 2 rings (SSSR count). The largest absolute Gasteiger partial charge is 0.481 e. The summed E-state index contributed by atoms with van der Waals surface area (Å²) in [4.78, 5) is 25.1. The zero-order valence-corrected chi connectivity index (χ0v) is 11.8. The second kappa shape index (κ2) is 4.89. The maximum Gasteiger partial charge on any atom is 0.309 e. The van der Waals surface area contributed by atoms with Crippen LogP contribution in [0.1, 0.15) is 38.8 Å². The number of nitrogens with zero attached hydrogens (tertiary/aromatic N) is 1. The Balaban J connectivity index is 2.52. The molecule has 5 heteroatoms. The first kappa shape index (κ1) is 14.5. The summed E-state index contributed by atoms with van der Waals surface area (Å²) < 4.78 is 13.4. The van der Waals surface area contributed by atoms with Crippen molar-refractivity contribution in [3.05, 3.63) is 35.6 Å². The van der Waals surface area contributed by atoms with Crippen molar-refractivity contribution in [3.8, 4) is 0 Å². The van der Waals surface area contributed by atoms with Crippen LogP contribution in [-0.4, -0.2) is 27.4 Å². The van der Waals surface area contributed by atoms with Crippen LogP contribution in [0.15, 0.2) is 24.3 Å². The summed E-state index contributed by atoms with van der Waals surface area (Å²) in [6.07, 6.45) is -0.0478. The second-order valence-electron chi connectivity index (χ2n) is 6.08. The minimum absolute atomic E-state index is 0.0478. The molecule has 1 aliphatic rings. The summed E-state index contributed by atoms with van der Waals surface area (Å²) >= 11 is 0. The van der Waals surface area contributed by atoms with Crippen molar-refractivity contribution in [2.75, 3.05) is 0 Å². The molecule has 1 amide bonds. The molecule has 1 heterocycles. The van der Waals surface area contributed by atoms with E-state index in [2.05, 4.69) is 0 Å². The fourth-order valence-corrected chi connectivity index (χ4v) is 2.82. The minimum atomic E-state index is -1.03. The number of halogens is 1. The van der Waals surface area contributed by atoms with Crippen LogP contribution in [0.2, 0.25) is 0 Å². The topological polar surface area (TPSA) is 57.6 Å². The Morgan fingerprint density at radius 1 is 1.40 bits per heavy atom. The number of rotatable bonds is 2. The standard InChI is InChI=1S/C15H18FNO3/c1-15(2,3)17-12(18)8-11(14(19)20)13(17)9-5-4-6-10(16)7-9/h4-7,11,13H,8H2,1-3H3,(H,19,20). The van der Waals surface area contributed by atoms with Crippen LogP contribution >= 0.6 is 0 Å². The zero-order chi connectivity index (χ0) is 15.1. The maximum atomic E-state index is 13.4. The summed E-state index contributed by atoms with van der Waals surface area (Å²) in [5.41, 5.74) is 0.0105. The molecule has 1 aliphatic heterocycles. The molecule has 1 aromatic rings. The zero-order valence-electron chi connectivity index (χ0n) is 11.8. The van der Waals surface area contributed by atoms with E-state index < -0.39 is 29.3 Å². The maximum absolute atomic E-state index is 13.4. The third kappa shape index (κ3) is 2.53. The van der Waals surface area contributed by atoms with Gasteiger partial charge < -0.3 is 10.0 Å². The van der Waals surface area contributed by atoms with Gasteiger partial charge in [-0.3, -0.25) is 9.59 Å². The first-order valence-electron chi connectivity index (χ1n) is 6.52. The van der Waals surface area contributed by atoms with E-state index in [1.807, 2.05) is 20.8 Å². The molecule has 108 valence electrons. The number of amides is 1. The Labute approximate surface area is 117 Å². The number of benzene rings is 1. The van der Waals surface area contributed by atoms with Crippen LogP contribution in [0.5, 0.6) is 0 Å². The quantitative estimate of drug-likeness (QED) is 0.905. The van der Waals surface area contributed by atoms with Crippen molar-refractivity contribution in [1.82, 2.24) is 4.90 Å². The molecule has 1 N–H and O–H groups in total. The van der Waals surface area contributed by atoms with Crippen LogP contribution in [0.3, 0.4) is 0 Å². The van der Waals surface area contributed by atoms with Gasteiger partial charge in [-0.15, -0.1) is 0 Å². The smallest absolute Gasteiger partial charge is 0.309 e. The molecule has 0 spiro atoms. The number of carboxylic acids is 1. The van der Waals surface area contributed by atoms with Gasteiger partial charge in [0.15, 0.2) is 0 Å². The van der Waals surface area contributed by atoms with Gasteiger partial charge in [-0.1, -0.05) is 12.1 Å². The van der Waals surface area contributed by atoms with Gasteiger partial charge in [0.1, 0.15) is 5.82 Å².